The summed E-state index contributed by atoms with van der Waals surface area (Å²) >= 11 is 7.89. The van der Waals surface area contributed by atoms with Crippen molar-refractivity contribution in [2.45, 2.75) is 18.2 Å². The van der Waals surface area contributed by atoms with Gasteiger partial charge >= 0.3 is 0 Å². The highest BCUT2D eigenvalue weighted by molar-refractivity contribution is 14.1. The molecule has 15 heavy (non-hydrogen) atoms. The molecule has 84 valence electrons. The number of nitrogens with one attached hydrogen (secondary N) is 1. The van der Waals surface area contributed by atoms with Crippen LogP contribution in [0.1, 0.15) is 13.3 Å². The predicted molar refractivity (Wildman–Crippen MR) is 69.6 cm³/mol. The fourth-order valence-electron chi connectivity index (χ4n) is 0.997. The van der Waals surface area contributed by atoms with Crippen molar-refractivity contribution in [3.63, 3.8) is 0 Å². The van der Waals surface area contributed by atoms with Crippen LogP contribution in [0.25, 0.3) is 0 Å². The average molecular weight is 360 g/mol. The summed E-state index contributed by atoms with van der Waals surface area (Å²) < 4.78 is 26.8. The Kier molecular flexibility index (Phi) is 4.82. The lowest BCUT2D eigenvalue weighted by molar-refractivity contribution is 0.581. The minimum Gasteiger partial charge on any atom is -0.211 e. The smallest absolute Gasteiger partial charge is 0.211 e. The Labute approximate surface area is 108 Å². The van der Waals surface area contributed by atoms with Crippen LogP contribution in [0.3, 0.4) is 0 Å². The van der Waals surface area contributed by atoms with Crippen LogP contribution in [-0.4, -0.2) is 15.0 Å². The van der Waals surface area contributed by atoms with E-state index in [9.17, 15) is 8.42 Å². The average Bonchev–Trinajstić information content (AvgIpc) is 2.18. The SMILES string of the molecule is CCCNS(=O)(=O)c1cc(I)ccc1Cl. The number of rotatable bonds is 4. The second kappa shape index (κ2) is 5.47. The minimum absolute atomic E-state index is 0.143. The van der Waals surface area contributed by atoms with Gasteiger partial charge in [-0.3, -0.25) is 0 Å². The number of benzene rings is 1. The zero-order chi connectivity index (χ0) is 11.5. The van der Waals surface area contributed by atoms with Gasteiger partial charge < -0.3 is 0 Å². The molecule has 0 aliphatic heterocycles. The lowest BCUT2D eigenvalue weighted by Crippen LogP contribution is -2.24. The second-order valence-corrected chi connectivity index (χ2v) is 6.36. The van der Waals surface area contributed by atoms with Crippen molar-refractivity contribution in [2.24, 2.45) is 0 Å². The Hall–Kier alpha value is 0.150. The summed E-state index contributed by atoms with van der Waals surface area (Å²) in [5.41, 5.74) is 0. The minimum atomic E-state index is -3.46. The first kappa shape index (κ1) is 13.2. The van der Waals surface area contributed by atoms with Crippen LogP contribution in [0.5, 0.6) is 0 Å². The summed E-state index contributed by atoms with van der Waals surface area (Å²) in [6.07, 6.45) is 0.751. The summed E-state index contributed by atoms with van der Waals surface area (Å²) in [5.74, 6) is 0. The summed E-state index contributed by atoms with van der Waals surface area (Å²) in [6.45, 7) is 2.32. The molecule has 0 radical (unpaired) electrons. The monoisotopic (exact) mass is 359 g/mol. The van der Waals surface area contributed by atoms with E-state index in [0.717, 1.165) is 9.99 Å². The van der Waals surface area contributed by atoms with Crippen LogP contribution in [0, 0.1) is 3.57 Å². The van der Waals surface area contributed by atoms with Crippen molar-refractivity contribution in [3.05, 3.63) is 26.8 Å². The van der Waals surface area contributed by atoms with E-state index in [2.05, 4.69) is 4.72 Å². The highest BCUT2D eigenvalue weighted by atomic mass is 127. The van der Waals surface area contributed by atoms with Gasteiger partial charge in [0.05, 0.1) is 5.02 Å². The molecule has 0 bridgehead atoms. The third kappa shape index (κ3) is 3.58. The van der Waals surface area contributed by atoms with E-state index in [1.807, 2.05) is 29.5 Å². The molecule has 0 saturated carbocycles. The molecule has 1 aromatic carbocycles. The molecule has 0 saturated heterocycles. The van der Waals surface area contributed by atoms with E-state index in [1.165, 1.54) is 0 Å². The molecule has 0 aliphatic rings. The lowest BCUT2D eigenvalue weighted by atomic mass is 10.4. The summed E-state index contributed by atoms with van der Waals surface area (Å²) in [7, 11) is -3.46. The molecule has 1 rings (SSSR count). The van der Waals surface area contributed by atoms with E-state index in [4.69, 9.17) is 11.6 Å². The van der Waals surface area contributed by atoms with E-state index in [0.29, 0.717) is 6.54 Å². The predicted octanol–water partition coefficient (Wildman–Crippen LogP) is 2.63. The third-order valence-electron chi connectivity index (χ3n) is 1.72. The molecule has 1 N–H and O–H groups in total. The maximum absolute atomic E-state index is 11.8. The first-order chi connectivity index (χ1) is 6.97. The highest BCUT2D eigenvalue weighted by Crippen LogP contribution is 2.23. The van der Waals surface area contributed by atoms with Crippen molar-refractivity contribution in [1.82, 2.24) is 4.72 Å². The summed E-state index contributed by atoms with van der Waals surface area (Å²) in [6, 6.07) is 4.91. The molecular formula is C9H11ClINO2S. The Morgan fingerprint density at radius 1 is 1.47 bits per heavy atom. The molecular weight excluding hydrogens is 349 g/mol. The van der Waals surface area contributed by atoms with Gasteiger partial charge in [-0.25, -0.2) is 13.1 Å². The molecule has 0 heterocycles. The zero-order valence-electron chi connectivity index (χ0n) is 8.13. The molecule has 0 atom stereocenters. The van der Waals surface area contributed by atoms with Gasteiger partial charge in [0.1, 0.15) is 4.90 Å². The molecule has 3 nitrogen and oxygen atoms in total. The molecule has 6 heteroatoms. The van der Waals surface area contributed by atoms with E-state index in [-0.39, 0.29) is 9.92 Å². The van der Waals surface area contributed by atoms with Crippen molar-refractivity contribution < 1.29 is 8.42 Å². The fraction of sp³-hybridized carbons (Fsp3) is 0.333. The number of halogens is 2. The molecule has 0 amide bonds. The number of hydrogen-bond acceptors (Lipinski definition) is 2. The van der Waals surface area contributed by atoms with Gasteiger partial charge in [0, 0.05) is 10.1 Å². The van der Waals surface area contributed by atoms with Gasteiger partial charge in [0.2, 0.25) is 10.0 Å². The number of hydrogen-bond donors (Lipinski definition) is 1. The topological polar surface area (TPSA) is 46.2 Å². The van der Waals surface area contributed by atoms with Crippen LogP contribution >= 0.6 is 34.2 Å². The highest BCUT2D eigenvalue weighted by Gasteiger charge is 2.17. The van der Waals surface area contributed by atoms with Crippen LogP contribution in [-0.2, 0) is 10.0 Å². The number of sulfonamides is 1. The maximum atomic E-state index is 11.8. The van der Waals surface area contributed by atoms with Crippen LogP contribution in [0.15, 0.2) is 23.1 Å². The van der Waals surface area contributed by atoms with Crippen molar-refractivity contribution in [1.29, 1.82) is 0 Å². The molecule has 0 unspecified atom stereocenters. The standard InChI is InChI=1S/C9H11ClINO2S/c1-2-5-12-15(13,14)9-6-7(11)3-4-8(9)10/h3-4,6,12H,2,5H2,1H3. The molecule has 0 spiro atoms. The Morgan fingerprint density at radius 3 is 2.73 bits per heavy atom. The van der Waals surface area contributed by atoms with Crippen molar-refractivity contribution in [2.75, 3.05) is 6.54 Å². The fourth-order valence-corrected chi connectivity index (χ4v) is 3.36. The molecule has 1 aromatic rings. The Bertz CT molecular complexity index is 447. The lowest BCUT2D eigenvalue weighted by Gasteiger charge is -2.07. The van der Waals surface area contributed by atoms with E-state index in [1.54, 1.807) is 18.2 Å². The van der Waals surface area contributed by atoms with Crippen molar-refractivity contribution >= 4 is 44.2 Å². The second-order valence-electron chi connectivity index (χ2n) is 2.97. The summed E-state index contributed by atoms with van der Waals surface area (Å²) in [5, 5.41) is 0.249. The van der Waals surface area contributed by atoms with Gasteiger partial charge in [-0.1, -0.05) is 18.5 Å². The Balaban J connectivity index is 3.09. The van der Waals surface area contributed by atoms with Gasteiger partial charge in [-0.2, -0.15) is 0 Å². The van der Waals surface area contributed by atoms with Crippen LogP contribution in [0.2, 0.25) is 5.02 Å². The summed E-state index contributed by atoms with van der Waals surface area (Å²) in [4.78, 5) is 0.143. The normalized spacial score (nSPS) is 11.7. The molecule has 0 aliphatic carbocycles. The quantitative estimate of drug-likeness (QED) is 0.840. The van der Waals surface area contributed by atoms with Crippen LogP contribution in [0.4, 0.5) is 0 Å². The zero-order valence-corrected chi connectivity index (χ0v) is 11.9. The first-order valence-corrected chi connectivity index (χ1v) is 7.36. The first-order valence-electron chi connectivity index (χ1n) is 4.42. The van der Waals surface area contributed by atoms with Crippen LogP contribution < -0.4 is 4.72 Å². The van der Waals surface area contributed by atoms with Crippen molar-refractivity contribution in [3.8, 4) is 0 Å². The van der Waals surface area contributed by atoms with Gasteiger partial charge in [-0.15, -0.1) is 0 Å². The maximum Gasteiger partial charge on any atom is 0.242 e. The molecule has 0 aromatic heterocycles. The van der Waals surface area contributed by atoms with Gasteiger partial charge in [0.15, 0.2) is 0 Å². The molecule has 0 fully saturated rings. The van der Waals surface area contributed by atoms with E-state index < -0.39 is 10.0 Å². The largest absolute Gasteiger partial charge is 0.242 e. The Morgan fingerprint density at radius 2 is 2.13 bits per heavy atom. The third-order valence-corrected chi connectivity index (χ3v) is 4.34. The van der Waals surface area contributed by atoms with Gasteiger partial charge in [0.25, 0.3) is 0 Å². The van der Waals surface area contributed by atoms with E-state index >= 15 is 0 Å². The van der Waals surface area contributed by atoms with Gasteiger partial charge in [-0.05, 0) is 47.2 Å².